The number of thioether (sulfide) groups is 1. The second kappa shape index (κ2) is 8.71. The van der Waals surface area contributed by atoms with Gasteiger partial charge in [-0.15, -0.1) is 0 Å². The van der Waals surface area contributed by atoms with Crippen molar-refractivity contribution in [3.05, 3.63) is 64.6 Å². The number of benzene rings is 2. The quantitative estimate of drug-likeness (QED) is 0.343. The highest BCUT2D eigenvalue weighted by Gasteiger charge is 2.42. The van der Waals surface area contributed by atoms with Crippen molar-refractivity contribution in [1.82, 2.24) is 4.90 Å². The summed E-state index contributed by atoms with van der Waals surface area (Å²) in [5, 5.41) is 0. The van der Waals surface area contributed by atoms with E-state index in [1.807, 2.05) is 12.1 Å². The van der Waals surface area contributed by atoms with Gasteiger partial charge < -0.3 is 9.64 Å². The van der Waals surface area contributed by atoms with Crippen molar-refractivity contribution in [2.24, 2.45) is 0 Å². The molecule has 2 heterocycles. The van der Waals surface area contributed by atoms with Crippen LogP contribution in [0.2, 0.25) is 0 Å². The number of carbonyl (C=O) groups is 2. The zero-order valence-electron chi connectivity index (χ0n) is 17.8. The van der Waals surface area contributed by atoms with Crippen molar-refractivity contribution in [2.75, 3.05) is 18.1 Å². The Morgan fingerprint density at radius 1 is 1.22 bits per heavy atom. The summed E-state index contributed by atoms with van der Waals surface area (Å²) in [6.45, 7) is 1.88. The minimum absolute atomic E-state index is 0.143. The third-order valence-corrected chi connectivity index (χ3v) is 7.70. The maximum atomic E-state index is 12.8. The van der Waals surface area contributed by atoms with Crippen molar-refractivity contribution in [1.29, 1.82) is 0 Å². The van der Waals surface area contributed by atoms with Crippen LogP contribution < -0.4 is 4.90 Å². The second-order valence-corrected chi connectivity index (χ2v) is 9.88. The normalized spacial score (nSPS) is 23.1. The van der Waals surface area contributed by atoms with Gasteiger partial charge in [0.2, 0.25) is 0 Å². The number of ether oxygens (including phenoxy) is 1. The molecule has 2 unspecified atom stereocenters. The Bertz CT molecular complexity index is 1120. The molecule has 0 aromatic heterocycles. The van der Waals surface area contributed by atoms with Gasteiger partial charge in [-0.3, -0.25) is 14.5 Å². The number of fused-ring (bicyclic) bond motifs is 3. The molecule has 1 amide bonds. The van der Waals surface area contributed by atoms with Gasteiger partial charge in [-0.1, -0.05) is 54.7 Å². The predicted octanol–water partition coefficient (Wildman–Crippen LogP) is 5.24. The first-order chi connectivity index (χ1) is 15.6. The van der Waals surface area contributed by atoms with E-state index < -0.39 is 5.97 Å². The molecule has 5 rings (SSSR count). The van der Waals surface area contributed by atoms with Gasteiger partial charge in [-0.05, 0) is 61.2 Å². The minimum atomic E-state index is -0.448. The summed E-state index contributed by atoms with van der Waals surface area (Å²) in [4.78, 5) is 29.0. The van der Waals surface area contributed by atoms with Gasteiger partial charge in [0.1, 0.15) is 10.9 Å². The summed E-state index contributed by atoms with van der Waals surface area (Å²) in [5.74, 6) is -0.175. The van der Waals surface area contributed by atoms with E-state index in [2.05, 4.69) is 47.4 Å². The van der Waals surface area contributed by atoms with Crippen molar-refractivity contribution in [3.8, 4) is 0 Å². The molecule has 0 N–H and O–H groups in total. The summed E-state index contributed by atoms with van der Waals surface area (Å²) >= 11 is 6.57. The molecule has 0 radical (unpaired) electrons. The number of amides is 1. The van der Waals surface area contributed by atoms with Crippen LogP contribution in [0.4, 0.5) is 11.4 Å². The molecular weight excluding hydrogens is 440 g/mol. The van der Waals surface area contributed by atoms with E-state index in [0.717, 1.165) is 5.56 Å². The Labute approximate surface area is 197 Å². The Hall–Kier alpha value is -2.64. The van der Waals surface area contributed by atoms with Crippen LogP contribution in [0.15, 0.2) is 53.4 Å². The van der Waals surface area contributed by atoms with E-state index in [1.165, 1.54) is 52.9 Å². The smallest absolute Gasteiger partial charge is 0.326 e. The maximum Gasteiger partial charge on any atom is 0.326 e. The van der Waals surface area contributed by atoms with Crippen LogP contribution in [0.1, 0.15) is 43.2 Å². The van der Waals surface area contributed by atoms with Crippen LogP contribution in [0.5, 0.6) is 0 Å². The van der Waals surface area contributed by atoms with Gasteiger partial charge in [0.15, 0.2) is 0 Å². The maximum absolute atomic E-state index is 12.8. The Morgan fingerprint density at radius 3 is 2.81 bits per heavy atom. The minimum Gasteiger partial charge on any atom is -0.465 e. The number of esters is 1. The molecule has 32 heavy (non-hydrogen) atoms. The molecule has 2 aliphatic heterocycles. The number of hydrogen-bond donors (Lipinski definition) is 0. The summed E-state index contributed by atoms with van der Waals surface area (Å²) < 4.78 is 5.36. The molecule has 1 aliphatic carbocycles. The van der Waals surface area contributed by atoms with E-state index in [1.54, 1.807) is 6.92 Å². The number of rotatable bonds is 5. The third-order valence-electron chi connectivity index (χ3n) is 6.32. The topological polar surface area (TPSA) is 49.9 Å². The van der Waals surface area contributed by atoms with Crippen LogP contribution in [-0.4, -0.2) is 40.3 Å². The molecule has 2 aromatic rings. The summed E-state index contributed by atoms with van der Waals surface area (Å²) in [6, 6.07) is 17.5. The first kappa shape index (κ1) is 21.2. The van der Waals surface area contributed by atoms with Gasteiger partial charge in [0.25, 0.3) is 5.91 Å². The fourth-order valence-electron chi connectivity index (χ4n) is 5.01. The standard InChI is InChI=1S/C25H24N2O3S2/c1-2-30-23(28)15-26-24(29)22(32-25(26)31)14-16-11-12-21-19(13-16)18-9-6-10-20(18)27(21)17-7-4-3-5-8-17/h3-5,7-8,11-14,18,20H,2,6,9-10,15H2,1H3. The van der Waals surface area contributed by atoms with Gasteiger partial charge in [0.05, 0.1) is 11.5 Å². The Kier molecular flexibility index (Phi) is 5.78. The van der Waals surface area contributed by atoms with E-state index >= 15 is 0 Å². The van der Waals surface area contributed by atoms with Gasteiger partial charge in [-0.2, -0.15) is 0 Å². The van der Waals surface area contributed by atoms with Crippen LogP contribution in [0.3, 0.4) is 0 Å². The summed E-state index contributed by atoms with van der Waals surface area (Å²) in [6.07, 6.45) is 5.50. The van der Waals surface area contributed by atoms with E-state index in [9.17, 15) is 9.59 Å². The van der Waals surface area contributed by atoms with Gasteiger partial charge >= 0.3 is 5.97 Å². The lowest BCUT2D eigenvalue weighted by molar-refractivity contribution is -0.145. The highest BCUT2D eigenvalue weighted by atomic mass is 32.2. The average molecular weight is 465 g/mol. The number of thiocarbonyl (C=S) groups is 1. The largest absolute Gasteiger partial charge is 0.465 e. The molecule has 2 atom stereocenters. The van der Waals surface area contributed by atoms with E-state index in [4.69, 9.17) is 17.0 Å². The number of anilines is 2. The number of carbonyl (C=O) groups excluding carboxylic acids is 2. The molecule has 164 valence electrons. The van der Waals surface area contributed by atoms with Crippen LogP contribution >= 0.6 is 24.0 Å². The predicted molar refractivity (Wildman–Crippen MR) is 132 cm³/mol. The van der Waals surface area contributed by atoms with E-state index in [-0.39, 0.29) is 19.1 Å². The van der Waals surface area contributed by atoms with Crippen molar-refractivity contribution in [3.63, 3.8) is 0 Å². The van der Waals surface area contributed by atoms with Crippen LogP contribution in [-0.2, 0) is 14.3 Å². The highest BCUT2D eigenvalue weighted by molar-refractivity contribution is 8.26. The van der Waals surface area contributed by atoms with Crippen molar-refractivity contribution >= 4 is 57.6 Å². The monoisotopic (exact) mass is 464 g/mol. The molecule has 2 fully saturated rings. The zero-order chi connectivity index (χ0) is 22.2. The summed E-state index contributed by atoms with van der Waals surface area (Å²) in [5.41, 5.74) is 4.83. The van der Waals surface area contributed by atoms with E-state index in [0.29, 0.717) is 21.2 Å². The summed E-state index contributed by atoms with van der Waals surface area (Å²) in [7, 11) is 0. The first-order valence-electron chi connectivity index (χ1n) is 11.0. The highest BCUT2D eigenvalue weighted by Crippen LogP contribution is 2.52. The molecule has 1 saturated carbocycles. The lowest BCUT2D eigenvalue weighted by atomic mass is 9.96. The lowest BCUT2D eigenvalue weighted by Crippen LogP contribution is -2.34. The SMILES string of the molecule is CCOC(=O)CN1C(=O)C(=Cc2ccc3c(c2)C2CCCC2N3c2ccccc2)SC1=S. The zero-order valence-corrected chi connectivity index (χ0v) is 19.5. The lowest BCUT2D eigenvalue weighted by Gasteiger charge is -2.27. The van der Waals surface area contributed by atoms with Gasteiger partial charge in [-0.25, -0.2) is 0 Å². The average Bonchev–Trinajstić information content (AvgIpc) is 3.44. The third kappa shape index (κ3) is 3.73. The molecular formula is C25H24N2O3S2. The molecule has 0 spiro atoms. The van der Waals surface area contributed by atoms with Crippen LogP contribution in [0.25, 0.3) is 6.08 Å². The second-order valence-electron chi connectivity index (χ2n) is 8.20. The van der Waals surface area contributed by atoms with Crippen LogP contribution in [0, 0.1) is 0 Å². The first-order valence-corrected chi connectivity index (χ1v) is 12.2. The fourth-order valence-corrected chi connectivity index (χ4v) is 6.27. The molecule has 5 nitrogen and oxygen atoms in total. The van der Waals surface area contributed by atoms with Gasteiger partial charge in [0, 0.05) is 23.3 Å². The number of nitrogens with zero attached hydrogens (tertiary/aromatic N) is 2. The van der Waals surface area contributed by atoms with Crippen molar-refractivity contribution in [2.45, 2.75) is 38.1 Å². The molecule has 0 bridgehead atoms. The fraction of sp³-hybridized carbons (Fsp3) is 0.320. The molecule has 2 aromatic carbocycles. The Morgan fingerprint density at radius 2 is 2.03 bits per heavy atom. The van der Waals surface area contributed by atoms with Crippen molar-refractivity contribution < 1.29 is 14.3 Å². The Balaban J connectivity index is 1.43. The molecule has 3 aliphatic rings. The number of hydrogen-bond acceptors (Lipinski definition) is 6. The number of para-hydroxylation sites is 1. The molecule has 7 heteroatoms. The molecule has 1 saturated heterocycles.